The van der Waals surface area contributed by atoms with Crippen LogP contribution in [0.25, 0.3) is 0 Å². The second-order valence-electron chi connectivity index (χ2n) is 5.63. The van der Waals surface area contributed by atoms with Crippen molar-refractivity contribution in [3.05, 3.63) is 59.7 Å². The van der Waals surface area contributed by atoms with Gasteiger partial charge < -0.3 is 14.8 Å². The summed E-state index contributed by atoms with van der Waals surface area (Å²) in [7, 11) is 1.61. The van der Waals surface area contributed by atoms with Gasteiger partial charge in [-0.05, 0) is 23.3 Å². The van der Waals surface area contributed by atoms with E-state index >= 15 is 0 Å². The maximum absolute atomic E-state index is 11.6. The molecule has 0 aromatic heterocycles. The highest BCUT2D eigenvalue weighted by molar-refractivity contribution is 5.77. The molecule has 0 saturated carbocycles. The molecule has 2 rings (SSSR count). The number of rotatable bonds is 7. The van der Waals surface area contributed by atoms with Crippen molar-refractivity contribution in [1.82, 2.24) is 5.32 Å². The molecule has 1 amide bonds. The third kappa shape index (κ3) is 5.02. The van der Waals surface area contributed by atoms with Gasteiger partial charge in [0.05, 0.1) is 7.11 Å². The largest absolute Gasteiger partial charge is 0.493 e. The van der Waals surface area contributed by atoms with E-state index in [2.05, 4.69) is 5.32 Å². The minimum atomic E-state index is -0.0228. The van der Waals surface area contributed by atoms with Gasteiger partial charge in [-0.2, -0.15) is 0 Å². The van der Waals surface area contributed by atoms with Crippen LogP contribution in [0.4, 0.5) is 0 Å². The number of carbonyl (C=O) groups excluding carboxylic acids is 1. The van der Waals surface area contributed by atoms with Gasteiger partial charge in [0.25, 0.3) is 0 Å². The van der Waals surface area contributed by atoms with Gasteiger partial charge in [0, 0.05) is 12.5 Å². The fraction of sp³-hybridized carbons (Fsp3) is 0.316. The van der Waals surface area contributed by atoms with Crippen LogP contribution in [0.15, 0.2) is 48.5 Å². The summed E-state index contributed by atoms with van der Waals surface area (Å²) in [6.07, 6.45) is 0. The van der Waals surface area contributed by atoms with Crippen LogP contribution >= 0.6 is 0 Å². The molecule has 1 N–H and O–H groups in total. The normalized spacial score (nSPS) is 10.4. The lowest BCUT2D eigenvalue weighted by Crippen LogP contribution is -2.27. The molecule has 4 nitrogen and oxygen atoms in total. The van der Waals surface area contributed by atoms with Crippen LogP contribution < -0.4 is 14.8 Å². The lowest BCUT2D eigenvalue weighted by atomic mass is 10.1. The van der Waals surface area contributed by atoms with Crippen molar-refractivity contribution in [2.75, 3.05) is 7.11 Å². The Morgan fingerprint density at radius 1 is 1.04 bits per heavy atom. The second-order valence-corrected chi connectivity index (χ2v) is 5.63. The van der Waals surface area contributed by atoms with E-state index in [4.69, 9.17) is 9.47 Å². The first-order chi connectivity index (χ1) is 11.1. The van der Waals surface area contributed by atoms with Gasteiger partial charge in [0.15, 0.2) is 11.5 Å². The Kier molecular flexibility index (Phi) is 6.03. The summed E-state index contributed by atoms with van der Waals surface area (Å²) >= 11 is 0. The maximum atomic E-state index is 11.6. The van der Waals surface area contributed by atoms with Gasteiger partial charge in [-0.15, -0.1) is 0 Å². The molecule has 23 heavy (non-hydrogen) atoms. The number of hydrogen-bond donors (Lipinski definition) is 1. The minimum Gasteiger partial charge on any atom is -0.493 e. The molecular weight excluding hydrogens is 290 g/mol. The average molecular weight is 313 g/mol. The highest BCUT2D eigenvalue weighted by Gasteiger charge is 2.09. The number of nitrogens with one attached hydrogen (secondary N) is 1. The highest BCUT2D eigenvalue weighted by atomic mass is 16.5. The molecule has 0 aliphatic carbocycles. The summed E-state index contributed by atoms with van der Waals surface area (Å²) in [4.78, 5) is 11.6. The van der Waals surface area contributed by atoms with Crippen molar-refractivity contribution in [1.29, 1.82) is 0 Å². The Labute approximate surface area is 137 Å². The predicted octanol–water partition coefficient (Wildman–Crippen LogP) is 3.55. The lowest BCUT2D eigenvalue weighted by molar-refractivity contribution is -0.124. The van der Waals surface area contributed by atoms with Gasteiger partial charge in [-0.1, -0.05) is 50.2 Å². The third-order valence-electron chi connectivity index (χ3n) is 3.46. The minimum absolute atomic E-state index is 0.0228. The lowest BCUT2D eigenvalue weighted by Gasteiger charge is -2.13. The zero-order chi connectivity index (χ0) is 16.7. The van der Waals surface area contributed by atoms with E-state index in [1.165, 1.54) is 0 Å². The molecule has 0 aliphatic rings. The number of carbonyl (C=O) groups is 1. The van der Waals surface area contributed by atoms with Crippen LogP contribution in [0, 0.1) is 5.92 Å². The Hall–Kier alpha value is -2.49. The fourth-order valence-corrected chi connectivity index (χ4v) is 2.07. The second kappa shape index (κ2) is 8.22. The third-order valence-corrected chi connectivity index (χ3v) is 3.46. The van der Waals surface area contributed by atoms with Crippen molar-refractivity contribution in [3.8, 4) is 11.5 Å². The topological polar surface area (TPSA) is 47.6 Å². The summed E-state index contributed by atoms with van der Waals surface area (Å²) in [5.74, 6) is 1.37. The van der Waals surface area contributed by atoms with Crippen molar-refractivity contribution in [2.45, 2.75) is 27.0 Å². The Morgan fingerprint density at radius 2 is 1.78 bits per heavy atom. The van der Waals surface area contributed by atoms with Crippen LogP contribution in [0.2, 0.25) is 0 Å². The molecule has 122 valence electrons. The van der Waals surface area contributed by atoms with Crippen molar-refractivity contribution < 1.29 is 14.3 Å². The van der Waals surface area contributed by atoms with Crippen molar-refractivity contribution >= 4 is 5.91 Å². The summed E-state index contributed by atoms with van der Waals surface area (Å²) in [6, 6.07) is 15.7. The van der Waals surface area contributed by atoms with Crippen LogP contribution in [0.3, 0.4) is 0 Å². The first-order valence-electron chi connectivity index (χ1n) is 7.71. The van der Waals surface area contributed by atoms with E-state index in [-0.39, 0.29) is 11.8 Å². The quantitative estimate of drug-likeness (QED) is 0.850. The molecule has 2 aromatic rings. The van der Waals surface area contributed by atoms with Crippen LogP contribution in [0.5, 0.6) is 11.5 Å². The number of ether oxygens (including phenoxy) is 2. The van der Waals surface area contributed by atoms with Crippen LogP contribution in [-0.2, 0) is 17.9 Å². The van der Waals surface area contributed by atoms with Gasteiger partial charge in [0.2, 0.25) is 5.91 Å². The Balaban J connectivity index is 2.00. The average Bonchev–Trinajstić information content (AvgIpc) is 2.58. The Morgan fingerprint density at radius 3 is 2.43 bits per heavy atom. The van der Waals surface area contributed by atoms with E-state index in [0.717, 1.165) is 11.1 Å². The zero-order valence-corrected chi connectivity index (χ0v) is 13.8. The summed E-state index contributed by atoms with van der Waals surface area (Å²) in [6.45, 7) is 4.71. The number of methoxy groups -OCH3 is 1. The van der Waals surface area contributed by atoms with Gasteiger partial charge in [-0.25, -0.2) is 0 Å². The summed E-state index contributed by atoms with van der Waals surface area (Å²) < 4.78 is 11.2. The fourth-order valence-electron chi connectivity index (χ4n) is 2.07. The van der Waals surface area contributed by atoms with Crippen molar-refractivity contribution in [3.63, 3.8) is 0 Å². The molecule has 0 bridgehead atoms. The molecule has 0 atom stereocenters. The number of benzene rings is 2. The summed E-state index contributed by atoms with van der Waals surface area (Å²) in [5.41, 5.74) is 2.07. The van der Waals surface area contributed by atoms with E-state index in [1.54, 1.807) is 7.11 Å². The van der Waals surface area contributed by atoms with Gasteiger partial charge >= 0.3 is 0 Å². The first-order valence-corrected chi connectivity index (χ1v) is 7.71. The molecule has 0 spiro atoms. The van der Waals surface area contributed by atoms with E-state index in [0.29, 0.717) is 24.7 Å². The van der Waals surface area contributed by atoms with Crippen LogP contribution in [-0.4, -0.2) is 13.0 Å². The van der Waals surface area contributed by atoms with E-state index in [9.17, 15) is 4.79 Å². The highest BCUT2D eigenvalue weighted by Crippen LogP contribution is 2.28. The SMILES string of the molecule is COc1cc(CNC(=O)C(C)C)ccc1OCc1ccccc1. The molecule has 0 fully saturated rings. The molecule has 0 radical (unpaired) electrons. The maximum Gasteiger partial charge on any atom is 0.222 e. The first kappa shape index (κ1) is 16.9. The molecule has 2 aromatic carbocycles. The molecular formula is C19H23NO3. The predicted molar refractivity (Wildman–Crippen MR) is 90.5 cm³/mol. The summed E-state index contributed by atoms with van der Waals surface area (Å²) in [5, 5.41) is 2.89. The van der Waals surface area contributed by atoms with Gasteiger partial charge in [-0.3, -0.25) is 4.79 Å². The standard InChI is InChI=1S/C19H23NO3/c1-14(2)19(21)20-12-16-9-10-17(18(11-16)22-3)23-13-15-7-5-4-6-8-15/h4-11,14H,12-13H2,1-3H3,(H,20,21). The monoisotopic (exact) mass is 313 g/mol. The number of hydrogen-bond acceptors (Lipinski definition) is 3. The molecule has 0 aliphatic heterocycles. The molecule has 0 saturated heterocycles. The number of amides is 1. The Bertz CT molecular complexity index is 638. The zero-order valence-electron chi connectivity index (χ0n) is 13.8. The van der Waals surface area contributed by atoms with E-state index in [1.807, 2.05) is 62.4 Å². The molecule has 4 heteroatoms. The molecule has 0 unspecified atom stereocenters. The van der Waals surface area contributed by atoms with Gasteiger partial charge in [0.1, 0.15) is 6.61 Å². The van der Waals surface area contributed by atoms with Crippen LogP contribution in [0.1, 0.15) is 25.0 Å². The van der Waals surface area contributed by atoms with E-state index < -0.39 is 0 Å². The van der Waals surface area contributed by atoms with Crippen molar-refractivity contribution in [2.24, 2.45) is 5.92 Å². The smallest absolute Gasteiger partial charge is 0.222 e. The molecule has 0 heterocycles.